The molecule has 1 aromatic carbocycles. The molecule has 0 aliphatic heterocycles. The highest BCUT2D eigenvalue weighted by atomic mass is 127. The van der Waals surface area contributed by atoms with E-state index in [1.54, 1.807) is 7.11 Å². The van der Waals surface area contributed by atoms with Gasteiger partial charge in [-0.1, -0.05) is 0 Å². The lowest BCUT2D eigenvalue weighted by Gasteiger charge is -2.09. The highest BCUT2D eigenvalue weighted by molar-refractivity contribution is 14.1. The van der Waals surface area contributed by atoms with Gasteiger partial charge in [-0.3, -0.25) is 0 Å². The lowest BCUT2D eigenvalue weighted by atomic mass is 10.3. The zero-order valence-electron chi connectivity index (χ0n) is 7.42. The number of hydrogen-bond acceptors (Lipinski definition) is 2. The van der Waals surface area contributed by atoms with Crippen molar-refractivity contribution in [2.45, 2.75) is 18.9 Å². The molecular formula is C10H11IO2. The zero-order chi connectivity index (χ0) is 9.26. The van der Waals surface area contributed by atoms with E-state index in [0.29, 0.717) is 6.10 Å². The Morgan fingerprint density at radius 3 is 2.69 bits per heavy atom. The smallest absolute Gasteiger partial charge is 0.161 e. The van der Waals surface area contributed by atoms with Gasteiger partial charge in [-0.15, -0.1) is 0 Å². The molecule has 1 aliphatic carbocycles. The predicted molar refractivity (Wildman–Crippen MR) is 59.4 cm³/mol. The van der Waals surface area contributed by atoms with Crippen molar-refractivity contribution in [3.05, 3.63) is 21.8 Å². The van der Waals surface area contributed by atoms with E-state index in [-0.39, 0.29) is 0 Å². The van der Waals surface area contributed by atoms with Crippen LogP contribution in [0.4, 0.5) is 0 Å². The molecule has 0 amide bonds. The number of halogens is 1. The quantitative estimate of drug-likeness (QED) is 0.797. The Labute approximate surface area is 91.4 Å². The fourth-order valence-corrected chi connectivity index (χ4v) is 1.57. The van der Waals surface area contributed by atoms with E-state index in [1.807, 2.05) is 18.2 Å². The molecule has 13 heavy (non-hydrogen) atoms. The summed E-state index contributed by atoms with van der Waals surface area (Å²) in [6, 6.07) is 5.98. The molecular weight excluding hydrogens is 279 g/mol. The third-order valence-corrected chi connectivity index (χ3v) is 2.61. The normalized spacial score (nSPS) is 15.5. The van der Waals surface area contributed by atoms with Crippen LogP contribution in [0, 0.1) is 3.57 Å². The monoisotopic (exact) mass is 290 g/mol. The Morgan fingerprint density at radius 2 is 2.08 bits per heavy atom. The summed E-state index contributed by atoms with van der Waals surface area (Å²) in [4.78, 5) is 0. The number of hydrogen-bond donors (Lipinski definition) is 0. The van der Waals surface area contributed by atoms with Crippen LogP contribution in [0.3, 0.4) is 0 Å². The van der Waals surface area contributed by atoms with Gasteiger partial charge in [-0.25, -0.2) is 0 Å². The highest BCUT2D eigenvalue weighted by Gasteiger charge is 2.24. The SMILES string of the molecule is COc1cc(I)ccc1OC1CC1. The van der Waals surface area contributed by atoms with E-state index >= 15 is 0 Å². The molecule has 0 heterocycles. The largest absolute Gasteiger partial charge is 0.493 e. The summed E-state index contributed by atoms with van der Waals surface area (Å²) >= 11 is 2.26. The molecule has 70 valence electrons. The van der Waals surface area contributed by atoms with Crippen molar-refractivity contribution in [2.24, 2.45) is 0 Å². The Balaban J connectivity index is 2.21. The zero-order valence-corrected chi connectivity index (χ0v) is 9.58. The van der Waals surface area contributed by atoms with Gasteiger partial charge in [-0.05, 0) is 53.6 Å². The fourth-order valence-electron chi connectivity index (χ4n) is 1.10. The molecule has 1 fully saturated rings. The van der Waals surface area contributed by atoms with Crippen molar-refractivity contribution < 1.29 is 9.47 Å². The number of benzene rings is 1. The predicted octanol–water partition coefficient (Wildman–Crippen LogP) is 2.84. The van der Waals surface area contributed by atoms with Crippen molar-refractivity contribution in [3.8, 4) is 11.5 Å². The molecule has 1 aromatic rings. The maximum atomic E-state index is 5.67. The lowest BCUT2D eigenvalue weighted by molar-refractivity contribution is 0.282. The van der Waals surface area contributed by atoms with E-state index in [4.69, 9.17) is 9.47 Å². The Kier molecular flexibility index (Phi) is 2.62. The molecule has 3 heteroatoms. The molecule has 1 saturated carbocycles. The van der Waals surface area contributed by atoms with Gasteiger partial charge in [0.15, 0.2) is 11.5 Å². The van der Waals surface area contributed by atoms with Crippen molar-refractivity contribution in [1.29, 1.82) is 0 Å². The van der Waals surface area contributed by atoms with Gasteiger partial charge < -0.3 is 9.47 Å². The third kappa shape index (κ3) is 2.27. The van der Waals surface area contributed by atoms with Crippen LogP contribution in [-0.4, -0.2) is 13.2 Å². The first kappa shape index (κ1) is 9.12. The molecule has 2 nitrogen and oxygen atoms in total. The van der Waals surface area contributed by atoms with Crippen LogP contribution in [0.15, 0.2) is 18.2 Å². The van der Waals surface area contributed by atoms with Crippen LogP contribution in [0.25, 0.3) is 0 Å². The lowest BCUT2D eigenvalue weighted by Crippen LogP contribution is -1.98. The van der Waals surface area contributed by atoms with E-state index in [0.717, 1.165) is 15.1 Å². The number of ether oxygens (including phenoxy) is 2. The summed E-state index contributed by atoms with van der Waals surface area (Å²) in [5, 5.41) is 0. The third-order valence-electron chi connectivity index (χ3n) is 1.94. The highest BCUT2D eigenvalue weighted by Crippen LogP contribution is 2.34. The van der Waals surface area contributed by atoms with Gasteiger partial charge >= 0.3 is 0 Å². The summed E-state index contributed by atoms with van der Waals surface area (Å²) in [6.07, 6.45) is 2.78. The second-order valence-corrected chi connectivity index (χ2v) is 4.36. The van der Waals surface area contributed by atoms with Crippen molar-refractivity contribution in [3.63, 3.8) is 0 Å². The molecule has 1 aliphatic rings. The van der Waals surface area contributed by atoms with Crippen molar-refractivity contribution >= 4 is 22.6 Å². The van der Waals surface area contributed by atoms with E-state index in [9.17, 15) is 0 Å². The molecule has 0 atom stereocenters. The molecule has 2 rings (SSSR count). The van der Waals surface area contributed by atoms with Crippen molar-refractivity contribution in [1.82, 2.24) is 0 Å². The van der Waals surface area contributed by atoms with Crippen LogP contribution in [0.1, 0.15) is 12.8 Å². The van der Waals surface area contributed by atoms with Gasteiger partial charge in [0.1, 0.15) is 0 Å². The van der Waals surface area contributed by atoms with E-state index < -0.39 is 0 Å². The fraction of sp³-hybridized carbons (Fsp3) is 0.400. The molecule has 0 spiro atoms. The molecule has 0 saturated heterocycles. The number of methoxy groups -OCH3 is 1. The summed E-state index contributed by atoms with van der Waals surface area (Å²) in [6.45, 7) is 0. The van der Waals surface area contributed by atoms with Crippen LogP contribution in [0.5, 0.6) is 11.5 Å². The Bertz CT molecular complexity index is 308. The molecule has 0 bridgehead atoms. The topological polar surface area (TPSA) is 18.5 Å². The first-order chi connectivity index (χ1) is 6.29. The van der Waals surface area contributed by atoms with Crippen LogP contribution >= 0.6 is 22.6 Å². The molecule has 0 aromatic heterocycles. The first-order valence-corrected chi connectivity index (χ1v) is 5.37. The minimum atomic E-state index is 0.425. The van der Waals surface area contributed by atoms with Gasteiger partial charge in [0.25, 0.3) is 0 Å². The summed E-state index contributed by atoms with van der Waals surface area (Å²) in [5.41, 5.74) is 0. The summed E-state index contributed by atoms with van der Waals surface area (Å²) in [5.74, 6) is 1.70. The van der Waals surface area contributed by atoms with Crippen LogP contribution in [-0.2, 0) is 0 Å². The van der Waals surface area contributed by atoms with Gasteiger partial charge in [0, 0.05) is 3.57 Å². The first-order valence-electron chi connectivity index (χ1n) is 4.30. The van der Waals surface area contributed by atoms with E-state index in [2.05, 4.69) is 22.6 Å². The Hall–Kier alpha value is -0.450. The van der Waals surface area contributed by atoms with E-state index in [1.165, 1.54) is 12.8 Å². The number of rotatable bonds is 3. The average Bonchev–Trinajstić information content (AvgIpc) is 2.92. The minimum Gasteiger partial charge on any atom is -0.493 e. The van der Waals surface area contributed by atoms with Gasteiger partial charge in [-0.2, -0.15) is 0 Å². The van der Waals surface area contributed by atoms with Gasteiger partial charge in [0.2, 0.25) is 0 Å². The van der Waals surface area contributed by atoms with Gasteiger partial charge in [0.05, 0.1) is 13.2 Å². The Morgan fingerprint density at radius 1 is 1.31 bits per heavy atom. The summed E-state index contributed by atoms with van der Waals surface area (Å²) < 4.78 is 12.1. The second kappa shape index (κ2) is 3.74. The van der Waals surface area contributed by atoms with Crippen LogP contribution in [0.2, 0.25) is 0 Å². The summed E-state index contributed by atoms with van der Waals surface area (Å²) in [7, 11) is 1.67. The maximum Gasteiger partial charge on any atom is 0.161 e. The van der Waals surface area contributed by atoms with Crippen molar-refractivity contribution in [2.75, 3.05) is 7.11 Å². The maximum absolute atomic E-state index is 5.67. The standard InChI is InChI=1S/C10H11IO2/c1-12-10-6-7(11)2-5-9(10)13-8-3-4-8/h2,5-6,8H,3-4H2,1H3. The molecule has 0 unspecified atom stereocenters. The van der Waals surface area contributed by atoms with Crippen LogP contribution < -0.4 is 9.47 Å². The minimum absolute atomic E-state index is 0.425. The average molecular weight is 290 g/mol. The molecule has 0 N–H and O–H groups in total. The second-order valence-electron chi connectivity index (χ2n) is 3.11. The molecule has 0 radical (unpaired) electrons.